The maximum atomic E-state index is 12.9. The number of nitrogens with one attached hydrogen (secondary N) is 1. The van der Waals surface area contributed by atoms with E-state index in [0.29, 0.717) is 27.7 Å². The molecule has 0 radical (unpaired) electrons. The van der Waals surface area contributed by atoms with Gasteiger partial charge in [0.1, 0.15) is 10.9 Å². The van der Waals surface area contributed by atoms with Gasteiger partial charge in [0.15, 0.2) is 0 Å². The quantitative estimate of drug-likeness (QED) is 0.372. The first-order valence-electron chi connectivity index (χ1n) is 7.63. The first-order valence-corrected chi connectivity index (χ1v) is 8.01. The molecule has 5 heteroatoms. The van der Waals surface area contributed by atoms with Gasteiger partial charge in [0.25, 0.3) is 0 Å². The Bertz CT molecular complexity index is 825. The number of benzene rings is 1. The molecular weight excluding hydrogens is 322 g/mol. The smallest absolute Gasteiger partial charge is 0.211 e. The van der Waals surface area contributed by atoms with Crippen molar-refractivity contribution < 1.29 is 4.79 Å². The number of pyridine rings is 1. The van der Waals surface area contributed by atoms with Crippen molar-refractivity contribution in [2.45, 2.75) is 20.8 Å². The molecule has 0 fully saturated rings. The Hall–Kier alpha value is -2.46. The van der Waals surface area contributed by atoms with Crippen LogP contribution in [-0.4, -0.2) is 23.5 Å². The minimum atomic E-state index is -0.119. The van der Waals surface area contributed by atoms with Crippen molar-refractivity contribution in [2.24, 2.45) is 4.99 Å². The molecule has 0 atom stereocenters. The maximum Gasteiger partial charge on any atom is 0.211 e. The average Bonchev–Trinajstić information content (AvgIpc) is 2.59. The third-order valence-electron chi connectivity index (χ3n) is 3.71. The molecule has 2 aromatic rings. The Balaban J connectivity index is 2.41. The number of aliphatic imine (C=N–C) groups is 1. The van der Waals surface area contributed by atoms with E-state index in [9.17, 15) is 4.79 Å². The van der Waals surface area contributed by atoms with Crippen molar-refractivity contribution in [3.8, 4) is 0 Å². The summed E-state index contributed by atoms with van der Waals surface area (Å²) in [6.07, 6.45) is 3.33. The van der Waals surface area contributed by atoms with Crippen LogP contribution in [0.25, 0.3) is 0 Å². The van der Waals surface area contributed by atoms with Gasteiger partial charge in [-0.3, -0.25) is 4.79 Å². The molecular formula is C19H20ClN3O. The van der Waals surface area contributed by atoms with Crippen molar-refractivity contribution >= 4 is 28.8 Å². The van der Waals surface area contributed by atoms with Gasteiger partial charge in [-0.25, -0.2) is 9.98 Å². The number of anilines is 1. The highest BCUT2D eigenvalue weighted by Crippen LogP contribution is 2.20. The molecule has 0 aliphatic heterocycles. The molecule has 0 amide bonds. The molecule has 0 saturated carbocycles. The van der Waals surface area contributed by atoms with Crippen LogP contribution >= 0.6 is 11.6 Å². The fourth-order valence-corrected chi connectivity index (χ4v) is 2.56. The minimum Gasteiger partial charge on any atom is -0.388 e. The number of rotatable bonds is 5. The number of aryl methyl sites for hydroxylation is 1. The molecule has 2 rings (SSSR count). The van der Waals surface area contributed by atoms with Crippen LogP contribution in [0.4, 0.5) is 5.69 Å². The predicted octanol–water partition coefficient (Wildman–Crippen LogP) is 4.68. The summed E-state index contributed by atoms with van der Waals surface area (Å²) in [5, 5.41) is 3.42. The third kappa shape index (κ3) is 3.89. The van der Waals surface area contributed by atoms with Crippen molar-refractivity contribution in [3.05, 3.63) is 70.1 Å². The van der Waals surface area contributed by atoms with Gasteiger partial charge in [0.2, 0.25) is 5.78 Å². The lowest BCUT2D eigenvalue weighted by Gasteiger charge is -2.09. The van der Waals surface area contributed by atoms with Crippen LogP contribution in [-0.2, 0) is 0 Å². The van der Waals surface area contributed by atoms with E-state index in [1.165, 1.54) is 0 Å². The zero-order chi connectivity index (χ0) is 17.7. The molecule has 124 valence electrons. The number of hydrogen-bond donors (Lipinski definition) is 1. The molecule has 1 aromatic carbocycles. The van der Waals surface area contributed by atoms with E-state index in [4.69, 9.17) is 11.6 Å². The molecule has 24 heavy (non-hydrogen) atoms. The second-order valence-corrected chi connectivity index (χ2v) is 5.68. The normalized spacial score (nSPS) is 12.2. The van der Waals surface area contributed by atoms with Crippen LogP contribution in [0.3, 0.4) is 0 Å². The summed E-state index contributed by atoms with van der Waals surface area (Å²) in [6.45, 7) is 5.52. The van der Waals surface area contributed by atoms with Crippen molar-refractivity contribution in [2.75, 3.05) is 12.4 Å². The highest BCUT2D eigenvalue weighted by atomic mass is 35.5. The van der Waals surface area contributed by atoms with Crippen LogP contribution in [0.5, 0.6) is 0 Å². The van der Waals surface area contributed by atoms with E-state index in [1.807, 2.05) is 45.2 Å². The molecule has 0 bridgehead atoms. The van der Waals surface area contributed by atoms with Gasteiger partial charge in [-0.15, -0.1) is 0 Å². The van der Waals surface area contributed by atoms with Crippen LogP contribution in [0.2, 0.25) is 5.15 Å². The second kappa shape index (κ2) is 7.88. The lowest BCUT2D eigenvalue weighted by atomic mass is 10.0. The van der Waals surface area contributed by atoms with Gasteiger partial charge >= 0.3 is 0 Å². The van der Waals surface area contributed by atoms with Crippen molar-refractivity contribution in [1.82, 2.24) is 4.98 Å². The number of nitrogens with zero attached hydrogens (tertiary/aromatic N) is 2. The Kier molecular flexibility index (Phi) is 5.88. The fourth-order valence-electron chi connectivity index (χ4n) is 2.30. The van der Waals surface area contributed by atoms with Gasteiger partial charge in [-0.1, -0.05) is 23.7 Å². The number of allylic oxidation sites excluding steroid dienone is 2. The fraction of sp³-hybridized carbons (Fsp3) is 0.211. The minimum absolute atomic E-state index is 0.119. The highest BCUT2D eigenvalue weighted by Gasteiger charge is 2.15. The summed E-state index contributed by atoms with van der Waals surface area (Å²) in [6, 6.07) is 9.31. The highest BCUT2D eigenvalue weighted by molar-refractivity contribution is 6.33. The SMILES string of the molecule is C/C=C(\N=C(/C)c1cccnc1Cl)C(=O)c1cc(NC)ccc1C. The summed E-state index contributed by atoms with van der Waals surface area (Å²) in [5.74, 6) is -0.119. The first-order chi connectivity index (χ1) is 11.5. The number of halogens is 1. The molecule has 0 aliphatic carbocycles. The second-order valence-electron chi connectivity index (χ2n) is 5.32. The summed E-state index contributed by atoms with van der Waals surface area (Å²) in [5.41, 5.74) is 4.16. The molecule has 0 saturated heterocycles. The largest absolute Gasteiger partial charge is 0.388 e. The summed E-state index contributed by atoms with van der Waals surface area (Å²) < 4.78 is 0. The van der Waals surface area contributed by atoms with E-state index < -0.39 is 0 Å². The third-order valence-corrected chi connectivity index (χ3v) is 4.02. The number of carbonyl (C=O) groups excluding carboxylic acids is 1. The molecule has 1 heterocycles. The van der Waals surface area contributed by atoms with E-state index >= 15 is 0 Å². The number of carbonyl (C=O) groups is 1. The van der Waals surface area contributed by atoms with Crippen molar-refractivity contribution in [3.63, 3.8) is 0 Å². The van der Waals surface area contributed by atoms with Crippen LogP contribution in [0, 0.1) is 6.92 Å². The van der Waals surface area contributed by atoms with E-state index in [0.717, 1.165) is 11.3 Å². The van der Waals surface area contributed by atoms with Crippen LogP contribution in [0.15, 0.2) is 53.3 Å². The van der Waals surface area contributed by atoms with E-state index in [1.54, 1.807) is 25.3 Å². The number of hydrogen-bond acceptors (Lipinski definition) is 4. The molecule has 0 unspecified atom stereocenters. The number of Topliss-reactive ketones (excluding diaryl/α,β-unsaturated/α-hetero) is 1. The van der Waals surface area contributed by atoms with Crippen LogP contribution < -0.4 is 5.32 Å². The first kappa shape index (κ1) is 17.9. The van der Waals surface area contributed by atoms with E-state index in [-0.39, 0.29) is 5.78 Å². The molecule has 0 aliphatic rings. The summed E-state index contributed by atoms with van der Waals surface area (Å²) in [4.78, 5) is 21.4. The van der Waals surface area contributed by atoms with Crippen molar-refractivity contribution in [1.29, 1.82) is 0 Å². The molecule has 1 N–H and O–H groups in total. The Morgan fingerprint density at radius 2 is 2.04 bits per heavy atom. The van der Waals surface area contributed by atoms with Gasteiger partial charge < -0.3 is 5.32 Å². The van der Waals surface area contributed by atoms with Crippen LogP contribution in [0.1, 0.15) is 35.3 Å². The molecule has 0 spiro atoms. The standard InChI is InChI=1S/C19H20ClN3O/c1-5-17(23-13(3)15-7-6-10-22-19(15)20)18(24)16-11-14(21-4)9-8-12(16)2/h5-11,21H,1-4H3/b17-5-,23-13+. The zero-order valence-electron chi connectivity index (χ0n) is 14.2. The molecule has 4 nitrogen and oxygen atoms in total. The molecule has 1 aromatic heterocycles. The van der Waals surface area contributed by atoms with Gasteiger partial charge in [-0.2, -0.15) is 0 Å². The summed E-state index contributed by atoms with van der Waals surface area (Å²) in [7, 11) is 1.82. The zero-order valence-corrected chi connectivity index (χ0v) is 15.0. The van der Waals surface area contributed by atoms with Gasteiger partial charge in [0.05, 0.1) is 0 Å². The lowest BCUT2D eigenvalue weighted by Crippen LogP contribution is -2.07. The summed E-state index contributed by atoms with van der Waals surface area (Å²) >= 11 is 6.10. The number of aromatic nitrogens is 1. The Labute approximate surface area is 147 Å². The Morgan fingerprint density at radius 1 is 1.29 bits per heavy atom. The number of ketones is 1. The average molecular weight is 342 g/mol. The maximum absolute atomic E-state index is 12.9. The lowest BCUT2D eigenvalue weighted by molar-refractivity contribution is 0.103. The predicted molar refractivity (Wildman–Crippen MR) is 100 cm³/mol. The van der Waals surface area contributed by atoms with Gasteiger partial charge in [0, 0.05) is 35.8 Å². The topological polar surface area (TPSA) is 54.4 Å². The van der Waals surface area contributed by atoms with Gasteiger partial charge in [-0.05, 0) is 50.6 Å². The Morgan fingerprint density at radius 3 is 2.67 bits per heavy atom. The monoisotopic (exact) mass is 341 g/mol. The van der Waals surface area contributed by atoms with E-state index in [2.05, 4.69) is 15.3 Å².